The van der Waals surface area contributed by atoms with Crippen molar-refractivity contribution in [2.45, 2.75) is 58.4 Å². The lowest BCUT2D eigenvalue weighted by molar-refractivity contribution is 0.182. The SMILES string of the molecule is CCn1ccnc1CN(Cc1ncc(CN(C)C)s1)C1CC12CCNCC2. The topological polar surface area (TPSA) is 49.2 Å². The van der Waals surface area contributed by atoms with Crippen molar-refractivity contribution in [3.05, 3.63) is 34.3 Å². The number of aryl methyl sites for hydroxylation is 1. The number of hydrogen-bond donors (Lipinski definition) is 1. The fourth-order valence-corrected chi connectivity index (χ4v) is 5.59. The number of hydrogen-bond acceptors (Lipinski definition) is 6. The van der Waals surface area contributed by atoms with Crippen molar-refractivity contribution >= 4 is 11.3 Å². The Labute approximate surface area is 166 Å². The van der Waals surface area contributed by atoms with Gasteiger partial charge in [0.2, 0.25) is 0 Å². The Kier molecular flexibility index (Phi) is 5.64. The summed E-state index contributed by atoms with van der Waals surface area (Å²) in [5.41, 5.74) is 0.526. The van der Waals surface area contributed by atoms with Gasteiger partial charge in [-0.25, -0.2) is 9.97 Å². The predicted molar refractivity (Wildman–Crippen MR) is 110 cm³/mol. The van der Waals surface area contributed by atoms with Gasteiger partial charge in [-0.2, -0.15) is 0 Å². The van der Waals surface area contributed by atoms with Crippen LogP contribution >= 0.6 is 11.3 Å². The zero-order valence-electron chi connectivity index (χ0n) is 16.8. The second-order valence-electron chi connectivity index (χ2n) is 8.32. The number of rotatable bonds is 8. The largest absolute Gasteiger partial charge is 0.334 e. The van der Waals surface area contributed by atoms with E-state index in [1.165, 1.54) is 35.0 Å². The minimum atomic E-state index is 0.526. The Morgan fingerprint density at radius 3 is 2.78 bits per heavy atom. The van der Waals surface area contributed by atoms with Gasteiger partial charge in [-0.15, -0.1) is 11.3 Å². The van der Waals surface area contributed by atoms with E-state index >= 15 is 0 Å². The summed E-state index contributed by atoms with van der Waals surface area (Å²) in [6.07, 6.45) is 10.0. The summed E-state index contributed by atoms with van der Waals surface area (Å²) in [6, 6.07) is 0.669. The average Bonchev–Trinajstić information content (AvgIpc) is 2.99. The van der Waals surface area contributed by atoms with Gasteiger partial charge >= 0.3 is 0 Å². The molecule has 27 heavy (non-hydrogen) atoms. The molecule has 2 fully saturated rings. The van der Waals surface area contributed by atoms with Gasteiger partial charge in [-0.3, -0.25) is 4.90 Å². The molecule has 0 bridgehead atoms. The van der Waals surface area contributed by atoms with Gasteiger partial charge in [0.05, 0.1) is 13.1 Å². The molecule has 1 unspecified atom stereocenters. The molecule has 0 aromatic carbocycles. The Morgan fingerprint density at radius 2 is 2.04 bits per heavy atom. The molecule has 0 amide bonds. The first kappa shape index (κ1) is 19.1. The predicted octanol–water partition coefficient (Wildman–Crippen LogP) is 2.57. The third kappa shape index (κ3) is 4.26. The molecule has 3 heterocycles. The lowest BCUT2D eigenvalue weighted by Crippen LogP contribution is -2.36. The van der Waals surface area contributed by atoms with E-state index in [0.717, 1.165) is 39.3 Å². The molecule has 0 radical (unpaired) electrons. The molecule has 4 rings (SSSR count). The summed E-state index contributed by atoms with van der Waals surface area (Å²) in [5.74, 6) is 1.18. The maximum atomic E-state index is 4.74. The molecule has 1 N–H and O–H groups in total. The van der Waals surface area contributed by atoms with Crippen LogP contribution in [0.4, 0.5) is 0 Å². The van der Waals surface area contributed by atoms with E-state index < -0.39 is 0 Å². The Hall–Kier alpha value is -1.28. The molecular formula is C20H32N6S. The molecular weight excluding hydrogens is 356 g/mol. The molecule has 1 aliphatic carbocycles. The maximum absolute atomic E-state index is 4.74. The van der Waals surface area contributed by atoms with Gasteiger partial charge in [-0.1, -0.05) is 0 Å². The summed E-state index contributed by atoms with van der Waals surface area (Å²) >= 11 is 1.86. The highest BCUT2D eigenvalue weighted by molar-refractivity contribution is 7.11. The molecule has 2 aliphatic rings. The second-order valence-corrected chi connectivity index (χ2v) is 9.52. The van der Waals surface area contributed by atoms with Gasteiger partial charge in [-0.05, 0) is 58.8 Å². The van der Waals surface area contributed by atoms with Crippen LogP contribution in [0.2, 0.25) is 0 Å². The molecule has 1 saturated carbocycles. The van der Waals surface area contributed by atoms with Crippen LogP contribution in [-0.4, -0.2) is 57.6 Å². The summed E-state index contributed by atoms with van der Waals surface area (Å²) in [5, 5.41) is 4.76. The highest BCUT2D eigenvalue weighted by atomic mass is 32.1. The van der Waals surface area contributed by atoms with Crippen molar-refractivity contribution in [1.82, 2.24) is 29.7 Å². The number of imidazole rings is 1. The van der Waals surface area contributed by atoms with Crippen LogP contribution in [0.15, 0.2) is 18.6 Å². The standard InChI is InChI=1S/C20H32N6S/c1-4-25-10-9-22-18(25)14-26(17-11-20(17)5-7-21-8-6-20)15-19-23-12-16(27-19)13-24(2)3/h9-10,12,17,21H,4-8,11,13-15H2,1-3H3. The molecule has 1 atom stereocenters. The number of nitrogens with one attached hydrogen (secondary N) is 1. The van der Waals surface area contributed by atoms with Crippen molar-refractivity contribution in [2.75, 3.05) is 27.2 Å². The lowest BCUT2D eigenvalue weighted by atomic mass is 9.93. The van der Waals surface area contributed by atoms with E-state index in [2.05, 4.69) is 58.1 Å². The van der Waals surface area contributed by atoms with Crippen molar-refractivity contribution in [3.63, 3.8) is 0 Å². The van der Waals surface area contributed by atoms with Gasteiger partial charge in [0.1, 0.15) is 10.8 Å². The summed E-state index contributed by atoms with van der Waals surface area (Å²) < 4.78 is 2.27. The van der Waals surface area contributed by atoms with Crippen LogP contribution in [0, 0.1) is 5.41 Å². The van der Waals surface area contributed by atoms with Gasteiger partial charge in [0, 0.05) is 42.6 Å². The van der Waals surface area contributed by atoms with Crippen molar-refractivity contribution in [2.24, 2.45) is 5.41 Å². The van der Waals surface area contributed by atoms with Crippen LogP contribution in [-0.2, 0) is 26.2 Å². The van der Waals surface area contributed by atoms with E-state index in [1.54, 1.807) is 0 Å². The van der Waals surface area contributed by atoms with Gasteiger partial charge < -0.3 is 14.8 Å². The third-order valence-electron chi connectivity index (χ3n) is 6.09. The van der Waals surface area contributed by atoms with Crippen LogP contribution in [0.5, 0.6) is 0 Å². The number of aromatic nitrogens is 3. The quantitative estimate of drug-likeness (QED) is 0.753. The monoisotopic (exact) mass is 388 g/mol. The smallest absolute Gasteiger partial charge is 0.122 e. The van der Waals surface area contributed by atoms with E-state index in [-0.39, 0.29) is 0 Å². The first-order valence-corrected chi connectivity index (χ1v) is 10.9. The van der Waals surface area contributed by atoms with Crippen LogP contribution < -0.4 is 5.32 Å². The Morgan fingerprint density at radius 1 is 1.22 bits per heavy atom. The Bertz CT molecular complexity index is 745. The van der Waals surface area contributed by atoms with Crippen molar-refractivity contribution in [3.8, 4) is 0 Å². The molecule has 2 aromatic heterocycles. The third-order valence-corrected chi connectivity index (χ3v) is 7.05. The average molecular weight is 389 g/mol. The zero-order chi connectivity index (χ0) is 18.9. The van der Waals surface area contributed by atoms with Gasteiger partial charge in [0.15, 0.2) is 0 Å². The highest BCUT2D eigenvalue weighted by Crippen LogP contribution is 2.56. The molecule has 1 spiro atoms. The van der Waals surface area contributed by atoms with Crippen molar-refractivity contribution in [1.29, 1.82) is 0 Å². The highest BCUT2D eigenvalue weighted by Gasteiger charge is 2.56. The summed E-state index contributed by atoms with van der Waals surface area (Å²) in [7, 11) is 4.22. The Balaban J connectivity index is 1.50. The fraction of sp³-hybridized carbons (Fsp3) is 0.700. The van der Waals surface area contributed by atoms with Crippen LogP contribution in [0.1, 0.15) is 41.9 Å². The fourth-order valence-electron chi connectivity index (χ4n) is 4.52. The summed E-state index contributed by atoms with van der Waals surface area (Å²) in [6.45, 7) is 8.33. The minimum absolute atomic E-state index is 0.526. The number of nitrogens with zero attached hydrogens (tertiary/aromatic N) is 5. The molecule has 6 nitrogen and oxygen atoms in total. The van der Waals surface area contributed by atoms with Crippen molar-refractivity contribution < 1.29 is 0 Å². The van der Waals surface area contributed by atoms with E-state index in [4.69, 9.17) is 4.98 Å². The minimum Gasteiger partial charge on any atom is -0.334 e. The van der Waals surface area contributed by atoms with E-state index in [0.29, 0.717) is 11.5 Å². The molecule has 1 saturated heterocycles. The summed E-state index contributed by atoms with van der Waals surface area (Å²) in [4.78, 5) is 15.6. The van der Waals surface area contributed by atoms with Gasteiger partial charge in [0.25, 0.3) is 0 Å². The van der Waals surface area contributed by atoms with E-state index in [9.17, 15) is 0 Å². The van der Waals surface area contributed by atoms with Crippen LogP contribution in [0.3, 0.4) is 0 Å². The first-order valence-electron chi connectivity index (χ1n) is 10.1. The molecule has 2 aromatic rings. The lowest BCUT2D eigenvalue weighted by Gasteiger charge is -2.29. The molecule has 148 valence electrons. The maximum Gasteiger partial charge on any atom is 0.122 e. The van der Waals surface area contributed by atoms with E-state index in [1.807, 2.05) is 17.5 Å². The zero-order valence-corrected chi connectivity index (χ0v) is 17.6. The molecule has 1 aliphatic heterocycles. The molecule has 7 heteroatoms. The normalized spacial score (nSPS) is 21.4. The number of piperidine rings is 1. The second kappa shape index (κ2) is 7.99. The number of thiazole rings is 1. The first-order chi connectivity index (χ1) is 13.1. The van der Waals surface area contributed by atoms with Crippen LogP contribution in [0.25, 0.3) is 0 Å².